The number of hydrogen-bond acceptors (Lipinski definition) is 4. The number of alkyl halides is 2. The fourth-order valence-electron chi connectivity index (χ4n) is 1.75. The van der Waals surface area contributed by atoms with Gasteiger partial charge in [-0.3, -0.25) is 14.3 Å². The number of nitrogens with one attached hydrogen (secondary N) is 1. The molecule has 0 aliphatic carbocycles. The fraction of sp³-hybridized carbons (Fsp3) is 0.556. The molecule has 18 heavy (non-hydrogen) atoms. The number of ether oxygens (including phenoxy) is 1. The van der Waals surface area contributed by atoms with Crippen molar-refractivity contribution in [2.75, 3.05) is 6.61 Å². The van der Waals surface area contributed by atoms with Crippen molar-refractivity contribution in [2.24, 2.45) is 0 Å². The van der Waals surface area contributed by atoms with Crippen molar-refractivity contribution in [1.82, 2.24) is 9.55 Å². The molecule has 0 amide bonds. The van der Waals surface area contributed by atoms with Gasteiger partial charge < -0.3 is 9.84 Å². The fourth-order valence-corrected chi connectivity index (χ4v) is 1.75. The molecule has 9 heteroatoms. The molecule has 0 saturated carbocycles. The predicted octanol–water partition coefficient (Wildman–Crippen LogP) is -0.409. The second kappa shape index (κ2) is 4.25. The van der Waals surface area contributed by atoms with E-state index >= 15 is 0 Å². The largest absolute Gasteiger partial charge is 0.394 e. The maximum Gasteiger partial charge on any atom is 0.330 e. The summed E-state index contributed by atoms with van der Waals surface area (Å²) in [6, 6.07) is 0. The first-order chi connectivity index (χ1) is 8.35. The first-order valence-corrected chi connectivity index (χ1v) is 5.00. The predicted molar refractivity (Wildman–Crippen MR) is 51.8 cm³/mol. The molecule has 0 spiro atoms. The van der Waals surface area contributed by atoms with Crippen LogP contribution in [0.1, 0.15) is 12.6 Å². The Morgan fingerprint density at radius 2 is 2.22 bits per heavy atom. The summed E-state index contributed by atoms with van der Waals surface area (Å²) in [7, 11) is 0. The van der Waals surface area contributed by atoms with Gasteiger partial charge in [0.15, 0.2) is 0 Å². The lowest BCUT2D eigenvalue weighted by Gasteiger charge is -2.19. The standard InChI is InChI=1S/C9H9F3N2O4/c10-5-2-14(8(17)13-6(5)16)7-9(11,12)1-4(3-15)18-7/h2,4,7,15H,1,3H2,(H,13,16,17)/t4-,7+/m1/s1. The number of nitrogens with zero attached hydrogens (tertiary/aromatic N) is 1. The van der Waals surface area contributed by atoms with E-state index in [-0.39, 0.29) is 4.57 Å². The van der Waals surface area contributed by atoms with Crippen LogP contribution in [-0.2, 0) is 4.74 Å². The molecule has 1 aromatic rings. The van der Waals surface area contributed by atoms with Gasteiger partial charge >= 0.3 is 5.69 Å². The molecule has 0 unspecified atom stereocenters. The number of hydrogen-bond donors (Lipinski definition) is 2. The van der Waals surface area contributed by atoms with Crippen LogP contribution in [0.4, 0.5) is 13.2 Å². The van der Waals surface area contributed by atoms with Crippen LogP contribution in [0, 0.1) is 5.82 Å². The Balaban J connectivity index is 2.46. The molecule has 0 bridgehead atoms. The zero-order valence-corrected chi connectivity index (χ0v) is 8.90. The second-order valence-electron chi connectivity index (χ2n) is 3.90. The van der Waals surface area contributed by atoms with E-state index in [1.54, 1.807) is 4.98 Å². The Hall–Kier alpha value is -1.61. The van der Waals surface area contributed by atoms with Crippen LogP contribution >= 0.6 is 0 Å². The van der Waals surface area contributed by atoms with Crippen LogP contribution in [0.2, 0.25) is 0 Å². The second-order valence-corrected chi connectivity index (χ2v) is 3.90. The summed E-state index contributed by atoms with van der Waals surface area (Å²) in [6.45, 7) is -0.646. The van der Waals surface area contributed by atoms with Crippen LogP contribution in [0.15, 0.2) is 15.8 Å². The van der Waals surface area contributed by atoms with Gasteiger partial charge in [-0.2, -0.15) is 4.39 Å². The highest BCUT2D eigenvalue weighted by atomic mass is 19.3. The van der Waals surface area contributed by atoms with E-state index in [2.05, 4.69) is 0 Å². The molecule has 1 saturated heterocycles. The smallest absolute Gasteiger partial charge is 0.330 e. The summed E-state index contributed by atoms with van der Waals surface area (Å²) in [5, 5.41) is 8.75. The minimum absolute atomic E-state index is 0.270. The van der Waals surface area contributed by atoms with E-state index in [4.69, 9.17) is 9.84 Å². The van der Waals surface area contributed by atoms with Crippen molar-refractivity contribution >= 4 is 0 Å². The van der Waals surface area contributed by atoms with Crippen LogP contribution in [0.5, 0.6) is 0 Å². The highest BCUT2D eigenvalue weighted by molar-refractivity contribution is 4.94. The molecule has 6 nitrogen and oxygen atoms in total. The lowest BCUT2D eigenvalue weighted by molar-refractivity contribution is -0.120. The topological polar surface area (TPSA) is 84.3 Å². The van der Waals surface area contributed by atoms with Crippen LogP contribution < -0.4 is 11.2 Å². The zero-order chi connectivity index (χ0) is 13.5. The van der Waals surface area contributed by atoms with E-state index in [0.717, 1.165) is 0 Å². The average Bonchev–Trinajstić information content (AvgIpc) is 2.59. The van der Waals surface area contributed by atoms with Gasteiger partial charge in [-0.15, -0.1) is 0 Å². The van der Waals surface area contributed by atoms with Gasteiger partial charge in [0.05, 0.1) is 18.9 Å². The molecule has 1 aliphatic rings. The van der Waals surface area contributed by atoms with E-state index < -0.39 is 48.3 Å². The number of aromatic nitrogens is 2. The number of aromatic amines is 1. The van der Waals surface area contributed by atoms with Crippen molar-refractivity contribution < 1.29 is 23.0 Å². The quantitative estimate of drug-likeness (QED) is 0.762. The van der Waals surface area contributed by atoms with Crippen LogP contribution in [-0.4, -0.2) is 33.3 Å². The Bertz CT molecular complexity index is 568. The Morgan fingerprint density at radius 3 is 2.78 bits per heavy atom. The summed E-state index contributed by atoms with van der Waals surface area (Å²) >= 11 is 0. The van der Waals surface area contributed by atoms with E-state index in [1.807, 2.05) is 0 Å². The van der Waals surface area contributed by atoms with Crippen molar-refractivity contribution in [3.8, 4) is 0 Å². The lowest BCUT2D eigenvalue weighted by atomic mass is 10.2. The van der Waals surface area contributed by atoms with Gasteiger partial charge in [0.1, 0.15) is 0 Å². The van der Waals surface area contributed by atoms with Crippen LogP contribution in [0.3, 0.4) is 0 Å². The maximum absolute atomic E-state index is 13.5. The van der Waals surface area contributed by atoms with E-state index in [9.17, 15) is 22.8 Å². The molecule has 2 heterocycles. The van der Waals surface area contributed by atoms with Gasteiger partial charge in [0, 0.05) is 6.42 Å². The minimum atomic E-state index is -3.44. The molecule has 0 aromatic carbocycles. The number of rotatable bonds is 2. The van der Waals surface area contributed by atoms with Gasteiger partial charge in [-0.05, 0) is 0 Å². The van der Waals surface area contributed by atoms with Crippen molar-refractivity contribution in [2.45, 2.75) is 24.7 Å². The minimum Gasteiger partial charge on any atom is -0.394 e. The molecule has 1 aromatic heterocycles. The highest BCUT2D eigenvalue weighted by Gasteiger charge is 2.51. The normalized spacial score (nSPS) is 26.4. The third-order valence-electron chi connectivity index (χ3n) is 2.56. The summed E-state index contributed by atoms with van der Waals surface area (Å²) in [5.74, 6) is -4.82. The zero-order valence-electron chi connectivity index (χ0n) is 8.90. The lowest BCUT2D eigenvalue weighted by Crippen LogP contribution is -2.38. The highest BCUT2D eigenvalue weighted by Crippen LogP contribution is 2.41. The molecule has 2 rings (SSSR count). The molecule has 100 valence electrons. The van der Waals surface area contributed by atoms with E-state index in [1.165, 1.54) is 0 Å². The number of H-pyrrole nitrogens is 1. The summed E-state index contributed by atoms with van der Waals surface area (Å²) in [4.78, 5) is 23.7. The summed E-state index contributed by atoms with van der Waals surface area (Å²) < 4.78 is 45.1. The molecule has 1 fully saturated rings. The Morgan fingerprint density at radius 1 is 1.56 bits per heavy atom. The Kier molecular flexibility index (Phi) is 3.03. The molecule has 1 aliphatic heterocycles. The summed E-state index contributed by atoms with van der Waals surface area (Å²) in [5.41, 5.74) is -2.50. The number of halogens is 3. The number of aliphatic hydroxyl groups is 1. The molecular formula is C9H9F3N2O4. The van der Waals surface area contributed by atoms with Gasteiger partial charge in [0.2, 0.25) is 12.0 Å². The third-order valence-corrected chi connectivity index (χ3v) is 2.56. The maximum atomic E-state index is 13.5. The SMILES string of the molecule is O=c1[nH]c(=O)n([C@H]2O[C@@H](CO)CC2(F)F)cc1F. The molecule has 2 N–H and O–H groups in total. The third kappa shape index (κ3) is 2.06. The average molecular weight is 266 g/mol. The first kappa shape index (κ1) is 12.8. The summed E-state index contributed by atoms with van der Waals surface area (Å²) in [6.07, 6.45) is -3.62. The van der Waals surface area contributed by atoms with Gasteiger partial charge in [-0.25, -0.2) is 13.6 Å². The molecule has 2 atom stereocenters. The number of aliphatic hydroxyl groups excluding tert-OH is 1. The van der Waals surface area contributed by atoms with Crippen molar-refractivity contribution in [3.63, 3.8) is 0 Å². The van der Waals surface area contributed by atoms with Crippen molar-refractivity contribution in [1.29, 1.82) is 0 Å². The molecular weight excluding hydrogens is 257 g/mol. The van der Waals surface area contributed by atoms with E-state index in [0.29, 0.717) is 6.20 Å². The van der Waals surface area contributed by atoms with Crippen LogP contribution in [0.25, 0.3) is 0 Å². The Labute approximate surface area is 97.6 Å². The molecule has 0 radical (unpaired) electrons. The van der Waals surface area contributed by atoms with Gasteiger partial charge in [-0.1, -0.05) is 0 Å². The first-order valence-electron chi connectivity index (χ1n) is 5.00. The van der Waals surface area contributed by atoms with Gasteiger partial charge in [0.25, 0.3) is 11.5 Å². The van der Waals surface area contributed by atoms with Crippen molar-refractivity contribution in [3.05, 3.63) is 32.9 Å². The monoisotopic (exact) mass is 266 g/mol.